The van der Waals surface area contributed by atoms with Crippen LogP contribution in [0.2, 0.25) is 0 Å². The lowest BCUT2D eigenvalue weighted by Crippen LogP contribution is -2.49. The molecule has 5 heteroatoms. The van der Waals surface area contributed by atoms with Gasteiger partial charge in [0.15, 0.2) is 0 Å². The number of amidine groups is 1. The van der Waals surface area contributed by atoms with Crippen LogP contribution >= 0.6 is 0 Å². The average molecular weight is 889 g/mol. The van der Waals surface area contributed by atoms with Crippen molar-refractivity contribution < 1.29 is 4.42 Å². The third kappa shape index (κ3) is 6.84. The predicted octanol–water partition coefficient (Wildman–Crippen LogP) is 15.1. The van der Waals surface area contributed by atoms with Crippen molar-refractivity contribution in [2.24, 2.45) is 4.99 Å². The maximum atomic E-state index is 7.02. The second kappa shape index (κ2) is 17.0. The first-order chi connectivity index (χ1) is 34.2. The Morgan fingerprint density at radius 1 is 0.551 bits per heavy atom. The van der Waals surface area contributed by atoms with E-state index in [0.717, 1.165) is 68.0 Å². The first-order valence-electron chi connectivity index (χ1n) is 24.0. The Labute approximate surface area is 402 Å². The second-order valence-electron chi connectivity index (χ2n) is 18.2. The molecule has 0 saturated heterocycles. The van der Waals surface area contributed by atoms with Crippen molar-refractivity contribution in [2.45, 2.75) is 30.1 Å². The van der Waals surface area contributed by atoms with E-state index in [4.69, 9.17) is 9.41 Å². The zero-order chi connectivity index (χ0) is 45.7. The molecule has 13 rings (SSSR count). The van der Waals surface area contributed by atoms with Gasteiger partial charge in [0.2, 0.25) is 0 Å². The number of hydrogen-bond donors (Lipinski definition) is 2. The summed E-state index contributed by atoms with van der Waals surface area (Å²) in [5, 5.41) is 9.90. The molecule has 1 aromatic heterocycles. The summed E-state index contributed by atoms with van der Waals surface area (Å²) in [6.45, 7) is 0. The molecule has 10 aromatic rings. The maximum Gasteiger partial charge on any atom is 0.148 e. The lowest BCUT2D eigenvalue weighted by Gasteiger charge is -2.38. The quantitative estimate of drug-likeness (QED) is 0.152. The maximum absolute atomic E-state index is 7.02. The number of benzene rings is 9. The number of rotatable bonds is 9. The largest absolute Gasteiger partial charge is 0.455 e. The minimum atomic E-state index is -0.468. The van der Waals surface area contributed by atoms with Gasteiger partial charge in [-0.15, -0.1) is 0 Å². The summed E-state index contributed by atoms with van der Waals surface area (Å²) in [4.78, 5) is 8.01. The van der Waals surface area contributed by atoms with E-state index in [0.29, 0.717) is 0 Å². The first-order valence-corrected chi connectivity index (χ1v) is 24.0. The van der Waals surface area contributed by atoms with Crippen molar-refractivity contribution in [3.8, 4) is 11.1 Å². The van der Waals surface area contributed by atoms with Crippen molar-refractivity contribution in [3.63, 3.8) is 0 Å². The number of aliphatic imine (C=N–C) groups is 1. The summed E-state index contributed by atoms with van der Waals surface area (Å²) in [6.07, 6.45) is 5.16. The number of nitrogens with zero attached hydrogens (tertiary/aromatic N) is 2. The Kier molecular flexibility index (Phi) is 10.0. The minimum Gasteiger partial charge on any atom is -0.455 e. The van der Waals surface area contributed by atoms with Crippen LogP contribution in [0.1, 0.15) is 51.9 Å². The Hall–Kier alpha value is -8.51. The molecule has 3 atom stereocenters. The predicted molar refractivity (Wildman–Crippen MR) is 282 cm³/mol. The van der Waals surface area contributed by atoms with Crippen LogP contribution in [0.5, 0.6) is 0 Å². The standard InChI is InChI=1S/C64H48N4O/c1-6-20-43(21-7-1)44-34-37-50(38-35-44)68(49-28-14-5-15-29-49)57-41-40-54(60-59(57)53-31-17-19-33-58(53)69-60)63-66-61(45-22-8-2-9-23-45)65-62(67-63)46-36-39-52-51-30-16-18-32-55(51)64(56(52)42-46,47-24-10-3-11-25-47)48-26-12-4-13-27-48/h1-38,40-42,52,61-62,65H,39H2,(H,66,67). The highest BCUT2D eigenvalue weighted by Gasteiger charge is 2.51. The molecule has 2 heterocycles. The van der Waals surface area contributed by atoms with Crippen LogP contribution in [0.4, 0.5) is 17.1 Å². The SMILES string of the molecule is C1=C(C2N=C(c3ccc(N(c4ccccc4)c4ccc(-c5ccccc5)cc4)c4c3oc3ccccc34)NC(c3ccccc3)N2)C=C2C(C1)c1ccccc1C2(c1ccccc1)c1ccccc1. The second-order valence-corrected chi connectivity index (χ2v) is 18.2. The Bertz CT molecular complexity index is 3540. The number of allylic oxidation sites excluding steroid dienone is 2. The van der Waals surface area contributed by atoms with E-state index in [9.17, 15) is 0 Å². The van der Waals surface area contributed by atoms with Crippen LogP contribution in [0.3, 0.4) is 0 Å². The fraction of sp³-hybridized carbons (Fsp3) is 0.0781. The van der Waals surface area contributed by atoms with Crippen molar-refractivity contribution >= 4 is 44.8 Å². The summed E-state index contributed by atoms with van der Waals surface area (Å²) in [7, 11) is 0. The van der Waals surface area contributed by atoms with E-state index in [1.54, 1.807) is 0 Å². The highest BCUT2D eigenvalue weighted by atomic mass is 16.3. The normalized spacial score (nSPS) is 18.1. The molecule has 9 aromatic carbocycles. The summed E-state index contributed by atoms with van der Waals surface area (Å²) < 4.78 is 7.02. The molecular weight excluding hydrogens is 841 g/mol. The lowest BCUT2D eigenvalue weighted by molar-refractivity contribution is 0.433. The van der Waals surface area contributed by atoms with Gasteiger partial charge in [0, 0.05) is 22.7 Å². The average Bonchev–Trinajstić information content (AvgIpc) is 3.97. The fourth-order valence-corrected chi connectivity index (χ4v) is 11.4. The van der Waals surface area contributed by atoms with E-state index < -0.39 is 5.41 Å². The molecule has 2 N–H and O–H groups in total. The molecular formula is C64H48N4O. The Morgan fingerprint density at radius 3 is 1.87 bits per heavy atom. The van der Waals surface area contributed by atoms with Gasteiger partial charge in [-0.1, -0.05) is 206 Å². The molecule has 2 aliphatic carbocycles. The zero-order valence-electron chi connectivity index (χ0n) is 37.9. The highest BCUT2D eigenvalue weighted by Crippen LogP contribution is 2.60. The number of hydrogen-bond acceptors (Lipinski definition) is 5. The van der Waals surface area contributed by atoms with E-state index in [1.807, 2.05) is 6.07 Å². The molecule has 0 saturated carbocycles. The van der Waals surface area contributed by atoms with E-state index in [1.165, 1.54) is 39.0 Å². The number of nitrogens with one attached hydrogen (secondary N) is 2. The summed E-state index contributed by atoms with van der Waals surface area (Å²) in [6, 6.07) is 84.7. The van der Waals surface area contributed by atoms with E-state index in [2.05, 4.69) is 258 Å². The van der Waals surface area contributed by atoms with Gasteiger partial charge in [-0.3, -0.25) is 5.32 Å². The van der Waals surface area contributed by atoms with Crippen molar-refractivity contribution in [3.05, 3.63) is 293 Å². The summed E-state index contributed by atoms with van der Waals surface area (Å²) in [5.41, 5.74) is 16.5. The molecule has 0 bridgehead atoms. The van der Waals surface area contributed by atoms with Gasteiger partial charge in [-0.2, -0.15) is 0 Å². The molecule has 0 spiro atoms. The van der Waals surface area contributed by atoms with Gasteiger partial charge in [-0.25, -0.2) is 4.99 Å². The van der Waals surface area contributed by atoms with Crippen LogP contribution in [-0.4, -0.2) is 12.0 Å². The Morgan fingerprint density at radius 2 is 1.14 bits per heavy atom. The molecule has 0 radical (unpaired) electrons. The molecule has 1 aliphatic heterocycles. The van der Waals surface area contributed by atoms with Crippen molar-refractivity contribution in [2.75, 3.05) is 4.90 Å². The molecule has 5 nitrogen and oxygen atoms in total. The third-order valence-electron chi connectivity index (χ3n) is 14.4. The molecule has 330 valence electrons. The molecule has 0 fully saturated rings. The molecule has 69 heavy (non-hydrogen) atoms. The third-order valence-corrected chi connectivity index (χ3v) is 14.4. The summed E-state index contributed by atoms with van der Waals surface area (Å²) in [5.74, 6) is 1.00. The van der Waals surface area contributed by atoms with Crippen LogP contribution < -0.4 is 15.5 Å². The Balaban J connectivity index is 0.979. The lowest BCUT2D eigenvalue weighted by atomic mass is 9.65. The first kappa shape index (κ1) is 40.7. The number of furan rings is 1. The highest BCUT2D eigenvalue weighted by molar-refractivity contribution is 6.20. The van der Waals surface area contributed by atoms with Gasteiger partial charge in [-0.05, 0) is 99.0 Å². The van der Waals surface area contributed by atoms with Gasteiger partial charge in [0.05, 0.1) is 22.1 Å². The van der Waals surface area contributed by atoms with Crippen LogP contribution in [0.25, 0.3) is 33.1 Å². The van der Waals surface area contributed by atoms with Crippen LogP contribution in [-0.2, 0) is 5.41 Å². The fourth-order valence-electron chi connectivity index (χ4n) is 11.4. The summed E-state index contributed by atoms with van der Waals surface area (Å²) >= 11 is 0. The molecule has 3 unspecified atom stereocenters. The zero-order valence-corrected chi connectivity index (χ0v) is 37.9. The number of para-hydroxylation sites is 2. The number of fused-ring (bicyclic) bond motifs is 6. The molecule has 3 aliphatic rings. The van der Waals surface area contributed by atoms with Gasteiger partial charge >= 0.3 is 0 Å². The molecule has 0 amide bonds. The monoisotopic (exact) mass is 888 g/mol. The smallest absolute Gasteiger partial charge is 0.148 e. The van der Waals surface area contributed by atoms with Crippen LogP contribution in [0.15, 0.2) is 269 Å². The van der Waals surface area contributed by atoms with Gasteiger partial charge in [0.1, 0.15) is 29.3 Å². The topological polar surface area (TPSA) is 52.8 Å². The van der Waals surface area contributed by atoms with Crippen LogP contribution in [0, 0.1) is 0 Å². The van der Waals surface area contributed by atoms with Gasteiger partial charge < -0.3 is 14.6 Å². The van der Waals surface area contributed by atoms with Gasteiger partial charge in [0.25, 0.3) is 0 Å². The van der Waals surface area contributed by atoms with Crippen molar-refractivity contribution in [1.82, 2.24) is 10.6 Å². The minimum absolute atomic E-state index is 0.227. The van der Waals surface area contributed by atoms with E-state index in [-0.39, 0.29) is 18.2 Å². The number of anilines is 3. The van der Waals surface area contributed by atoms with E-state index >= 15 is 0 Å². The van der Waals surface area contributed by atoms with Crippen molar-refractivity contribution in [1.29, 1.82) is 0 Å².